The molecule has 1 atom stereocenters. The Morgan fingerprint density at radius 2 is 2.10 bits per heavy atom. The smallest absolute Gasteiger partial charge is 0.227 e. The van der Waals surface area contributed by atoms with Crippen LogP contribution in [0, 0.1) is 5.89 Å². The Balaban J connectivity index is 1.37. The minimum atomic E-state index is -2.43. The van der Waals surface area contributed by atoms with Crippen LogP contribution in [-0.4, -0.2) is 50.1 Å². The molecular formula is C24H29Cl2N3O2. The van der Waals surface area contributed by atoms with Crippen molar-refractivity contribution in [1.82, 2.24) is 4.90 Å². The number of halogens is 2. The molecule has 0 radical (unpaired) electrons. The number of nitrogens with one attached hydrogen (secondary N) is 1. The molecule has 2 heterocycles. The minimum Gasteiger partial charge on any atom is -0.494 e. The van der Waals surface area contributed by atoms with Crippen LogP contribution in [-0.2, 0) is 11.2 Å². The lowest BCUT2D eigenvalue weighted by Gasteiger charge is -2.36. The zero-order valence-electron chi connectivity index (χ0n) is 27.0. The van der Waals surface area contributed by atoms with E-state index in [1.165, 1.54) is 0 Å². The lowest BCUT2D eigenvalue weighted by Crippen LogP contribution is -2.46. The maximum absolute atomic E-state index is 12.3. The second-order valence-corrected chi connectivity index (χ2v) is 7.93. The number of nitrogens with zero attached hydrogens (tertiary/aromatic N) is 2. The number of ether oxygens (including phenoxy) is 1. The monoisotopic (exact) mass is 471 g/mol. The molecular weight excluding hydrogens is 433 g/mol. The van der Waals surface area contributed by atoms with Crippen LogP contribution in [0.3, 0.4) is 0 Å². The minimum absolute atomic E-state index is 0.0281. The summed E-state index contributed by atoms with van der Waals surface area (Å²) in [5.41, 5.74) is -0.0236. The Morgan fingerprint density at radius 1 is 1.29 bits per heavy atom. The van der Waals surface area contributed by atoms with Gasteiger partial charge in [0.15, 0.2) is 0 Å². The summed E-state index contributed by atoms with van der Waals surface area (Å²) < 4.78 is 88.1. The van der Waals surface area contributed by atoms with E-state index in [4.69, 9.17) is 41.6 Å². The van der Waals surface area contributed by atoms with Gasteiger partial charge in [-0.25, -0.2) is 0 Å². The predicted molar refractivity (Wildman–Crippen MR) is 128 cm³/mol. The normalized spacial score (nSPS) is 28.2. The van der Waals surface area contributed by atoms with Gasteiger partial charge in [-0.1, -0.05) is 42.2 Å². The highest BCUT2D eigenvalue weighted by molar-refractivity contribution is 6.43. The lowest BCUT2D eigenvalue weighted by molar-refractivity contribution is -0.119. The highest BCUT2D eigenvalue weighted by atomic mass is 35.5. The molecule has 1 unspecified atom stereocenters. The van der Waals surface area contributed by atoms with Gasteiger partial charge in [0.25, 0.3) is 0 Å². The quantitative estimate of drug-likeness (QED) is 0.570. The SMILES string of the molecule is [2H]c1cc2c(c([2H])c1OCCCC([2H])([2H])N1CCN(c3c([2H])c([2H])c([2H])c(Cl)c3Cl)CC1)NC(=O)C([2H])(C)C2([2H])[2H]. The molecule has 0 spiro atoms. The zero-order chi connectivity index (χ0) is 30.7. The maximum atomic E-state index is 12.3. The molecule has 4 rings (SSSR count). The second kappa shape index (κ2) is 10.1. The van der Waals surface area contributed by atoms with Crippen molar-refractivity contribution in [1.29, 1.82) is 0 Å². The summed E-state index contributed by atoms with van der Waals surface area (Å²) in [7, 11) is 0. The Hall–Kier alpha value is -1.95. The molecule has 7 heteroatoms. The van der Waals surface area contributed by atoms with E-state index in [2.05, 4.69) is 5.32 Å². The summed E-state index contributed by atoms with van der Waals surface area (Å²) in [6.45, 7) is 0.624. The summed E-state index contributed by atoms with van der Waals surface area (Å²) in [6.07, 6.45) is -2.13. The molecule has 2 aliphatic rings. The predicted octanol–water partition coefficient (Wildman–Crippen LogP) is 5.11. The third-order valence-corrected chi connectivity index (χ3v) is 5.76. The van der Waals surface area contributed by atoms with E-state index < -0.39 is 24.7 Å². The van der Waals surface area contributed by atoms with Crippen LogP contribution in [0.1, 0.15) is 39.0 Å². The molecule has 1 N–H and O–H groups in total. The van der Waals surface area contributed by atoms with E-state index in [9.17, 15) is 4.79 Å². The Morgan fingerprint density at radius 3 is 2.90 bits per heavy atom. The van der Waals surface area contributed by atoms with Gasteiger partial charge in [-0.2, -0.15) is 0 Å². The molecule has 1 fully saturated rings. The summed E-state index contributed by atoms with van der Waals surface area (Å²) in [6, 6.07) is -0.335. The first kappa shape index (κ1) is 12.9. The zero-order valence-corrected chi connectivity index (χ0v) is 18.5. The third kappa shape index (κ3) is 5.46. The van der Waals surface area contributed by atoms with Crippen LogP contribution in [0.25, 0.3) is 0 Å². The summed E-state index contributed by atoms with van der Waals surface area (Å²) in [5, 5.41) is 2.33. The van der Waals surface area contributed by atoms with Gasteiger partial charge in [-0.05, 0) is 49.4 Å². The van der Waals surface area contributed by atoms with Crippen molar-refractivity contribution in [3.05, 3.63) is 51.9 Å². The summed E-state index contributed by atoms with van der Waals surface area (Å²) >= 11 is 12.4. The second-order valence-electron chi connectivity index (χ2n) is 7.17. The molecule has 1 amide bonds. The van der Waals surface area contributed by atoms with Crippen LogP contribution in [0.2, 0.25) is 10.0 Å². The van der Waals surface area contributed by atoms with E-state index in [0.29, 0.717) is 26.2 Å². The van der Waals surface area contributed by atoms with Crippen molar-refractivity contribution in [3.63, 3.8) is 0 Å². The fourth-order valence-corrected chi connectivity index (χ4v) is 3.67. The van der Waals surface area contributed by atoms with Gasteiger partial charge >= 0.3 is 0 Å². The highest BCUT2D eigenvalue weighted by Crippen LogP contribution is 2.33. The number of carbonyl (C=O) groups is 1. The van der Waals surface area contributed by atoms with Crippen molar-refractivity contribution in [2.24, 2.45) is 5.89 Å². The average Bonchev–Trinajstić information content (AvgIpc) is 2.91. The topological polar surface area (TPSA) is 44.8 Å². The molecule has 1 saturated heterocycles. The molecule has 5 nitrogen and oxygen atoms in total. The summed E-state index contributed by atoms with van der Waals surface area (Å²) in [5.74, 6) is -3.21. The van der Waals surface area contributed by atoms with Crippen LogP contribution in [0.15, 0.2) is 36.3 Å². The van der Waals surface area contributed by atoms with Gasteiger partial charge in [0.05, 0.1) is 29.2 Å². The molecule has 0 bridgehead atoms. The van der Waals surface area contributed by atoms with Crippen molar-refractivity contribution < 1.29 is 23.2 Å². The first-order valence-corrected chi connectivity index (χ1v) is 10.7. The largest absolute Gasteiger partial charge is 0.494 e. The third-order valence-electron chi connectivity index (χ3n) is 5.01. The molecule has 2 aromatic rings. The van der Waals surface area contributed by atoms with Gasteiger partial charge in [0, 0.05) is 50.7 Å². The summed E-state index contributed by atoms with van der Waals surface area (Å²) in [4.78, 5) is 15.7. The number of anilines is 2. The molecule has 0 aliphatic carbocycles. The van der Waals surface area contributed by atoms with E-state index in [1.807, 2.05) is 0 Å². The molecule has 2 aliphatic heterocycles. The molecule has 2 aromatic carbocycles. The number of hydrogen-bond donors (Lipinski definition) is 1. The van der Waals surface area contributed by atoms with Gasteiger partial charge < -0.3 is 15.0 Å². The number of carbonyl (C=O) groups excluding carboxylic acids is 1. The lowest BCUT2D eigenvalue weighted by atomic mass is 9.95. The Kier molecular flexibility index (Phi) is 4.22. The van der Waals surface area contributed by atoms with Crippen LogP contribution in [0.5, 0.6) is 5.75 Å². The molecule has 0 aromatic heterocycles. The van der Waals surface area contributed by atoms with Crippen molar-refractivity contribution in [2.45, 2.75) is 26.1 Å². The van der Waals surface area contributed by atoms with E-state index in [1.54, 1.807) is 9.80 Å². The molecule has 31 heavy (non-hydrogen) atoms. The van der Waals surface area contributed by atoms with E-state index >= 15 is 0 Å². The van der Waals surface area contributed by atoms with Gasteiger partial charge in [-0.3, -0.25) is 9.69 Å². The molecule has 0 saturated carbocycles. The van der Waals surface area contributed by atoms with E-state index in [0.717, 1.165) is 13.0 Å². The van der Waals surface area contributed by atoms with Crippen LogP contribution in [0.4, 0.5) is 11.4 Å². The van der Waals surface area contributed by atoms with Crippen molar-refractivity contribution in [2.75, 3.05) is 49.5 Å². The number of benzene rings is 2. The Labute approximate surface area is 208 Å². The Bertz CT molecular complexity index is 1360. The number of amides is 1. The van der Waals surface area contributed by atoms with Gasteiger partial charge in [-0.15, -0.1) is 0 Å². The highest BCUT2D eigenvalue weighted by Gasteiger charge is 2.22. The number of piperazine rings is 1. The fourth-order valence-electron chi connectivity index (χ4n) is 3.32. The van der Waals surface area contributed by atoms with Gasteiger partial charge in [0.1, 0.15) is 5.75 Å². The molecule has 166 valence electrons. The van der Waals surface area contributed by atoms with Gasteiger partial charge in [0.2, 0.25) is 5.91 Å². The first-order chi connectivity index (χ1) is 18.9. The average molecular weight is 472 g/mol. The number of fused-ring (bicyclic) bond motifs is 1. The standard InChI is InChI=1S/C24H29Cl2N3O2/c1-17-15-18-7-8-19(16-21(18)27-24(17)30)31-14-3-2-9-28-10-12-29(13-11-28)22-6-4-5-20(25)23(22)26/h4-8,16-17H,2-3,9-15H2,1H3,(H,27,30)/i4D,5D,6D,8D,9D2,15D2,16D,17D. The van der Waals surface area contributed by atoms with Crippen molar-refractivity contribution >= 4 is 40.5 Å². The maximum Gasteiger partial charge on any atom is 0.227 e. The van der Waals surface area contributed by atoms with E-state index in [-0.39, 0.29) is 82.4 Å². The number of hydrogen-bond acceptors (Lipinski definition) is 4. The van der Waals surface area contributed by atoms with Crippen LogP contribution >= 0.6 is 23.2 Å². The van der Waals surface area contributed by atoms with Crippen molar-refractivity contribution in [3.8, 4) is 5.75 Å². The number of rotatable bonds is 7. The first-order valence-electron chi connectivity index (χ1n) is 15.0. The fraction of sp³-hybridized carbons (Fsp3) is 0.458. The van der Waals surface area contributed by atoms with Crippen LogP contribution < -0.4 is 15.0 Å².